The predicted octanol–water partition coefficient (Wildman–Crippen LogP) is 4.03. The molecule has 140 valence electrons. The number of methoxy groups -OCH3 is 1. The summed E-state index contributed by atoms with van der Waals surface area (Å²) in [5.74, 6) is 0.538. The molecule has 1 fully saturated rings. The first-order chi connectivity index (χ1) is 13.1. The fourth-order valence-electron chi connectivity index (χ4n) is 3.69. The summed E-state index contributed by atoms with van der Waals surface area (Å²) in [7, 11) is 3.20. The standard InChI is InChI=1S/C21H21FN2O3/c1-23-21(25)19-15-11-17(26-2)14(16-4-3-9-24-16)10-18(15)27-20(19)12-5-7-13(22)8-6-12/h5-8,10-11,16,24H,3-4,9H2,1-2H3,(H,23,25). The average molecular weight is 368 g/mol. The van der Waals surface area contributed by atoms with Gasteiger partial charge in [-0.15, -0.1) is 0 Å². The van der Waals surface area contributed by atoms with E-state index in [1.54, 1.807) is 26.3 Å². The van der Waals surface area contributed by atoms with Gasteiger partial charge in [-0.25, -0.2) is 4.39 Å². The number of rotatable bonds is 4. The van der Waals surface area contributed by atoms with Gasteiger partial charge >= 0.3 is 0 Å². The van der Waals surface area contributed by atoms with E-state index in [-0.39, 0.29) is 17.8 Å². The van der Waals surface area contributed by atoms with Crippen LogP contribution in [0.25, 0.3) is 22.3 Å². The second kappa shape index (κ2) is 7.04. The van der Waals surface area contributed by atoms with E-state index in [1.807, 2.05) is 12.1 Å². The Morgan fingerprint density at radius 3 is 2.70 bits per heavy atom. The Bertz CT molecular complexity index is 989. The molecule has 0 aliphatic carbocycles. The number of benzene rings is 2. The minimum Gasteiger partial charge on any atom is -0.496 e. The van der Waals surface area contributed by atoms with Crippen LogP contribution in [0.2, 0.25) is 0 Å². The lowest BCUT2D eigenvalue weighted by molar-refractivity contribution is 0.0964. The number of amides is 1. The van der Waals surface area contributed by atoms with E-state index in [2.05, 4.69) is 10.6 Å². The first kappa shape index (κ1) is 17.5. The highest BCUT2D eigenvalue weighted by atomic mass is 19.1. The van der Waals surface area contributed by atoms with Crippen molar-refractivity contribution in [3.63, 3.8) is 0 Å². The Kier molecular flexibility index (Phi) is 4.58. The van der Waals surface area contributed by atoms with Crippen molar-refractivity contribution < 1.29 is 18.3 Å². The molecule has 5 nitrogen and oxygen atoms in total. The summed E-state index contributed by atoms with van der Waals surface area (Å²) >= 11 is 0. The molecule has 0 radical (unpaired) electrons. The number of furan rings is 1. The van der Waals surface area contributed by atoms with Gasteiger partial charge in [-0.1, -0.05) is 0 Å². The molecule has 1 saturated heterocycles. The lowest BCUT2D eigenvalue weighted by atomic mass is 9.99. The Morgan fingerprint density at radius 2 is 2.07 bits per heavy atom. The topological polar surface area (TPSA) is 63.5 Å². The molecule has 0 saturated carbocycles. The number of hydrogen-bond acceptors (Lipinski definition) is 4. The molecular weight excluding hydrogens is 347 g/mol. The van der Waals surface area contributed by atoms with Crippen LogP contribution in [0.1, 0.15) is 34.8 Å². The predicted molar refractivity (Wildman–Crippen MR) is 102 cm³/mol. The van der Waals surface area contributed by atoms with Crippen molar-refractivity contribution in [2.45, 2.75) is 18.9 Å². The van der Waals surface area contributed by atoms with E-state index >= 15 is 0 Å². The van der Waals surface area contributed by atoms with Crippen LogP contribution in [-0.2, 0) is 0 Å². The smallest absolute Gasteiger partial charge is 0.255 e. The summed E-state index contributed by atoms with van der Waals surface area (Å²) in [6, 6.07) is 9.91. The zero-order valence-corrected chi connectivity index (χ0v) is 15.3. The first-order valence-corrected chi connectivity index (χ1v) is 8.98. The average Bonchev–Trinajstić information content (AvgIpc) is 3.34. The molecule has 1 atom stereocenters. The highest BCUT2D eigenvalue weighted by Gasteiger charge is 2.26. The van der Waals surface area contributed by atoms with Gasteiger partial charge in [0.1, 0.15) is 22.9 Å². The van der Waals surface area contributed by atoms with Gasteiger partial charge in [-0.05, 0) is 55.8 Å². The molecule has 2 N–H and O–H groups in total. The molecule has 1 aliphatic rings. The van der Waals surface area contributed by atoms with Crippen molar-refractivity contribution in [2.75, 3.05) is 20.7 Å². The van der Waals surface area contributed by atoms with Crippen LogP contribution in [0.4, 0.5) is 4.39 Å². The third-order valence-electron chi connectivity index (χ3n) is 5.04. The third-order valence-corrected chi connectivity index (χ3v) is 5.04. The zero-order valence-electron chi connectivity index (χ0n) is 15.3. The Labute approximate surface area is 156 Å². The van der Waals surface area contributed by atoms with Gasteiger partial charge in [0.2, 0.25) is 0 Å². The van der Waals surface area contributed by atoms with E-state index < -0.39 is 0 Å². The molecule has 1 unspecified atom stereocenters. The highest BCUT2D eigenvalue weighted by molar-refractivity contribution is 6.11. The van der Waals surface area contributed by atoms with E-state index in [4.69, 9.17) is 9.15 Å². The largest absolute Gasteiger partial charge is 0.496 e. The van der Waals surface area contributed by atoms with Gasteiger partial charge in [-0.3, -0.25) is 4.79 Å². The second-order valence-corrected chi connectivity index (χ2v) is 6.63. The van der Waals surface area contributed by atoms with Gasteiger partial charge in [0.25, 0.3) is 5.91 Å². The summed E-state index contributed by atoms with van der Waals surface area (Å²) in [6.45, 7) is 0.967. The van der Waals surface area contributed by atoms with Crippen molar-refractivity contribution in [2.24, 2.45) is 0 Å². The molecule has 2 heterocycles. The molecule has 1 aliphatic heterocycles. The number of hydrogen-bond donors (Lipinski definition) is 2. The highest BCUT2D eigenvalue weighted by Crippen LogP contribution is 2.40. The van der Waals surface area contributed by atoms with Crippen LogP contribution in [-0.4, -0.2) is 26.6 Å². The van der Waals surface area contributed by atoms with E-state index in [0.717, 1.165) is 30.7 Å². The summed E-state index contributed by atoms with van der Waals surface area (Å²) in [4.78, 5) is 12.6. The normalized spacial score (nSPS) is 16.6. The lowest BCUT2D eigenvalue weighted by Gasteiger charge is -2.15. The van der Waals surface area contributed by atoms with Gasteiger partial charge in [0, 0.05) is 29.6 Å². The maximum absolute atomic E-state index is 13.3. The number of carbonyl (C=O) groups is 1. The van der Waals surface area contributed by atoms with Crippen molar-refractivity contribution in [3.05, 3.63) is 53.3 Å². The minimum atomic E-state index is -0.340. The summed E-state index contributed by atoms with van der Waals surface area (Å²) in [6.07, 6.45) is 2.13. The molecule has 27 heavy (non-hydrogen) atoms. The molecule has 2 aromatic carbocycles. The number of halogens is 1. The Morgan fingerprint density at radius 1 is 1.30 bits per heavy atom. The van der Waals surface area contributed by atoms with E-state index in [9.17, 15) is 9.18 Å². The maximum atomic E-state index is 13.3. The fourth-order valence-corrected chi connectivity index (χ4v) is 3.69. The minimum absolute atomic E-state index is 0.201. The summed E-state index contributed by atoms with van der Waals surface area (Å²) in [5.41, 5.74) is 2.69. The number of fused-ring (bicyclic) bond motifs is 1. The molecule has 0 bridgehead atoms. The van der Waals surface area contributed by atoms with Gasteiger partial charge in [0.05, 0.1) is 12.7 Å². The summed E-state index contributed by atoms with van der Waals surface area (Å²) < 4.78 is 25.0. The number of nitrogens with one attached hydrogen (secondary N) is 2. The van der Waals surface area contributed by atoms with Gasteiger partial charge < -0.3 is 19.8 Å². The van der Waals surface area contributed by atoms with Crippen LogP contribution in [0.3, 0.4) is 0 Å². The van der Waals surface area contributed by atoms with Crippen molar-refractivity contribution >= 4 is 16.9 Å². The molecule has 4 rings (SSSR count). The van der Waals surface area contributed by atoms with Crippen molar-refractivity contribution in [1.82, 2.24) is 10.6 Å². The molecule has 3 aromatic rings. The van der Waals surface area contributed by atoms with E-state index in [0.29, 0.717) is 27.9 Å². The van der Waals surface area contributed by atoms with Crippen molar-refractivity contribution in [3.8, 4) is 17.1 Å². The quantitative estimate of drug-likeness (QED) is 0.730. The second-order valence-electron chi connectivity index (χ2n) is 6.63. The maximum Gasteiger partial charge on any atom is 0.255 e. The molecular formula is C21H21FN2O3. The van der Waals surface area contributed by atoms with Gasteiger partial charge in [0.15, 0.2) is 0 Å². The monoisotopic (exact) mass is 368 g/mol. The first-order valence-electron chi connectivity index (χ1n) is 8.98. The fraction of sp³-hybridized carbons (Fsp3) is 0.286. The summed E-state index contributed by atoms with van der Waals surface area (Å²) in [5, 5.41) is 6.80. The number of ether oxygens (including phenoxy) is 1. The molecule has 0 spiro atoms. The van der Waals surface area contributed by atoms with Gasteiger partial charge in [-0.2, -0.15) is 0 Å². The van der Waals surface area contributed by atoms with Crippen LogP contribution in [0.15, 0.2) is 40.8 Å². The number of carbonyl (C=O) groups excluding carboxylic acids is 1. The van der Waals surface area contributed by atoms with Crippen LogP contribution in [0.5, 0.6) is 5.75 Å². The van der Waals surface area contributed by atoms with Crippen LogP contribution < -0.4 is 15.4 Å². The molecule has 6 heteroatoms. The molecule has 1 amide bonds. The Balaban J connectivity index is 1.94. The molecule has 1 aromatic heterocycles. The van der Waals surface area contributed by atoms with Crippen LogP contribution >= 0.6 is 0 Å². The zero-order chi connectivity index (χ0) is 19.0. The van der Waals surface area contributed by atoms with E-state index in [1.165, 1.54) is 12.1 Å². The third kappa shape index (κ3) is 3.06. The SMILES string of the molecule is CNC(=O)c1c(-c2ccc(F)cc2)oc2cc(C3CCCN3)c(OC)cc12. The van der Waals surface area contributed by atoms with Crippen LogP contribution in [0, 0.1) is 5.82 Å². The van der Waals surface area contributed by atoms with Crippen molar-refractivity contribution in [1.29, 1.82) is 0 Å². The lowest BCUT2D eigenvalue weighted by Crippen LogP contribution is -2.18. The Hall–Kier alpha value is -2.86.